The summed E-state index contributed by atoms with van der Waals surface area (Å²) in [5.74, 6) is 0.750. The normalized spacial score (nSPS) is 13.2. The fourth-order valence-corrected chi connectivity index (χ4v) is 6.37. The molecule has 0 aromatic heterocycles. The number of amides is 1. The number of aryl methyl sites for hydroxylation is 2. The molecule has 0 aliphatic rings. The van der Waals surface area contributed by atoms with Crippen molar-refractivity contribution in [2.45, 2.75) is 51.2 Å². The van der Waals surface area contributed by atoms with Crippen molar-refractivity contribution in [1.82, 2.24) is 9.62 Å². The van der Waals surface area contributed by atoms with Gasteiger partial charge in [0.15, 0.2) is 6.61 Å². The summed E-state index contributed by atoms with van der Waals surface area (Å²) in [6.07, 6.45) is 0.0177. The summed E-state index contributed by atoms with van der Waals surface area (Å²) in [4.78, 5) is 12.7. The van der Waals surface area contributed by atoms with Crippen molar-refractivity contribution in [2.75, 3.05) is 26.8 Å². The smallest absolute Gasteiger partial charge is 0.257 e. The van der Waals surface area contributed by atoms with Crippen LogP contribution in [0.4, 0.5) is 0 Å². The van der Waals surface area contributed by atoms with Crippen LogP contribution in [-0.2, 0) is 21.2 Å². The minimum absolute atomic E-state index is 0.0286. The highest BCUT2D eigenvalue weighted by atomic mass is 32.2. The van der Waals surface area contributed by atoms with E-state index in [1.54, 1.807) is 12.1 Å². The third kappa shape index (κ3) is 8.06. The van der Waals surface area contributed by atoms with Gasteiger partial charge in [0.25, 0.3) is 5.91 Å². The molecular weight excluding hydrogens is 528 g/mol. The van der Waals surface area contributed by atoms with E-state index in [2.05, 4.69) is 5.32 Å². The van der Waals surface area contributed by atoms with Gasteiger partial charge in [-0.2, -0.15) is 4.31 Å². The third-order valence-electron chi connectivity index (χ3n) is 6.58. The van der Waals surface area contributed by atoms with Crippen LogP contribution < -0.4 is 14.8 Å². The van der Waals surface area contributed by atoms with Gasteiger partial charge < -0.3 is 19.9 Å². The Morgan fingerprint density at radius 1 is 0.975 bits per heavy atom. The highest BCUT2D eigenvalue weighted by molar-refractivity contribution is 7.89. The van der Waals surface area contributed by atoms with Gasteiger partial charge in [-0.05, 0) is 60.7 Å². The number of para-hydroxylation sites is 1. The average molecular weight is 569 g/mol. The molecule has 0 saturated carbocycles. The first-order valence-corrected chi connectivity index (χ1v) is 14.8. The Morgan fingerprint density at radius 2 is 1.60 bits per heavy atom. The Kier molecular flexibility index (Phi) is 10.7. The molecule has 1 unspecified atom stereocenters. The number of hydrogen-bond donors (Lipinski definition) is 2. The zero-order valence-corrected chi connectivity index (χ0v) is 24.7. The Bertz CT molecular complexity index is 1340. The molecule has 0 radical (unpaired) electrons. The van der Waals surface area contributed by atoms with E-state index >= 15 is 0 Å². The number of nitrogens with one attached hydrogen (secondary N) is 1. The molecule has 8 nitrogen and oxygen atoms in total. The molecule has 3 rings (SSSR count). The molecule has 1 atom stereocenters. The van der Waals surface area contributed by atoms with Crippen LogP contribution in [0.25, 0.3) is 0 Å². The van der Waals surface area contributed by atoms with Crippen molar-refractivity contribution >= 4 is 15.9 Å². The highest BCUT2D eigenvalue weighted by Crippen LogP contribution is 2.31. The number of ether oxygens (including phenoxy) is 2. The Labute approximate surface area is 238 Å². The lowest BCUT2D eigenvalue weighted by atomic mass is 9.98. The number of hydrogen-bond acceptors (Lipinski definition) is 6. The van der Waals surface area contributed by atoms with E-state index in [0.717, 1.165) is 16.7 Å². The predicted molar refractivity (Wildman–Crippen MR) is 156 cm³/mol. The van der Waals surface area contributed by atoms with Crippen molar-refractivity contribution in [3.63, 3.8) is 0 Å². The first kappa shape index (κ1) is 31.1. The van der Waals surface area contributed by atoms with Crippen LogP contribution in [0.1, 0.15) is 37.0 Å². The summed E-state index contributed by atoms with van der Waals surface area (Å²) in [6.45, 7) is 7.56. The lowest BCUT2D eigenvalue weighted by molar-refractivity contribution is -0.123. The molecular formula is C31H40N2O6S. The Morgan fingerprint density at radius 3 is 2.17 bits per heavy atom. The molecule has 0 fully saturated rings. The molecule has 9 heteroatoms. The maximum atomic E-state index is 13.9. The summed E-state index contributed by atoms with van der Waals surface area (Å²) in [5.41, 5.74) is 0.815. The monoisotopic (exact) mass is 568 g/mol. The zero-order valence-electron chi connectivity index (χ0n) is 23.9. The first-order chi connectivity index (χ1) is 19.0. The minimum atomic E-state index is -4.11. The van der Waals surface area contributed by atoms with Crippen molar-refractivity contribution in [2.24, 2.45) is 5.92 Å². The fourth-order valence-electron chi connectivity index (χ4n) is 4.54. The van der Waals surface area contributed by atoms with Crippen LogP contribution in [0.15, 0.2) is 77.7 Å². The van der Waals surface area contributed by atoms with Crippen LogP contribution in [0.5, 0.6) is 11.5 Å². The number of nitrogens with zero attached hydrogens (tertiary/aromatic N) is 1. The molecule has 216 valence electrons. The van der Waals surface area contributed by atoms with Crippen molar-refractivity contribution in [1.29, 1.82) is 0 Å². The van der Waals surface area contributed by atoms with Crippen molar-refractivity contribution in [3.05, 3.63) is 89.5 Å². The highest BCUT2D eigenvalue weighted by Gasteiger charge is 2.43. The second kappa shape index (κ2) is 13.8. The molecule has 3 aromatic carbocycles. The summed E-state index contributed by atoms with van der Waals surface area (Å²) in [6, 6.07) is 21.1. The van der Waals surface area contributed by atoms with Gasteiger partial charge in [-0.3, -0.25) is 4.79 Å². The molecule has 0 spiro atoms. The van der Waals surface area contributed by atoms with Crippen LogP contribution in [0.2, 0.25) is 0 Å². The number of rotatable bonds is 14. The molecule has 40 heavy (non-hydrogen) atoms. The summed E-state index contributed by atoms with van der Waals surface area (Å²) in [5, 5.41) is 14.9. The van der Waals surface area contributed by atoms with Gasteiger partial charge >= 0.3 is 0 Å². The standard InChI is InChI=1S/C31H40N2O6S/c1-23(2)21-33(40(36,37)28-16-14-27(38-5)15-17-28)31(35,20-26-12-7-6-8-13-26)18-19-32-29(34)22-39-30-24(3)10-9-11-25(30)4/h6-17,23,35H,18-22H2,1-5H3,(H,32,34). The molecule has 0 aliphatic carbocycles. The molecule has 0 bridgehead atoms. The van der Waals surface area contributed by atoms with Gasteiger partial charge in [-0.1, -0.05) is 62.4 Å². The largest absolute Gasteiger partial charge is 0.497 e. The van der Waals surface area contributed by atoms with Crippen LogP contribution in [0, 0.1) is 19.8 Å². The lowest BCUT2D eigenvalue weighted by Crippen LogP contribution is -2.56. The quantitative estimate of drug-likeness (QED) is 0.278. The van der Waals surface area contributed by atoms with E-state index in [1.807, 2.05) is 76.2 Å². The average Bonchev–Trinajstić information content (AvgIpc) is 2.92. The van der Waals surface area contributed by atoms with Gasteiger partial charge in [0.2, 0.25) is 10.0 Å². The SMILES string of the molecule is COc1ccc(S(=O)(=O)N(CC(C)C)C(O)(CCNC(=O)COc2c(C)cccc2C)Cc2ccccc2)cc1. The molecule has 0 aliphatic heterocycles. The second-order valence-electron chi connectivity index (χ2n) is 10.4. The zero-order chi connectivity index (χ0) is 29.3. The molecule has 0 heterocycles. The molecule has 0 saturated heterocycles. The number of aliphatic hydroxyl groups is 1. The third-order valence-corrected chi connectivity index (χ3v) is 8.51. The van der Waals surface area contributed by atoms with Gasteiger partial charge in [0.1, 0.15) is 17.2 Å². The van der Waals surface area contributed by atoms with Crippen LogP contribution in [-0.4, -0.2) is 56.3 Å². The molecule has 1 amide bonds. The Balaban J connectivity index is 1.84. The van der Waals surface area contributed by atoms with Crippen molar-refractivity contribution in [3.8, 4) is 11.5 Å². The number of carbonyl (C=O) groups excluding carboxylic acids is 1. The van der Waals surface area contributed by atoms with E-state index in [4.69, 9.17) is 9.47 Å². The maximum absolute atomic E-state index is 13.9. The second-order valence-corrected chi connectivity index (χ2v) is 12.2. The first-order valence-electron chi connectivity index (χ1n) is 13.3. The number of sulfonamides is 1. The van der Waals surface area contributed by atoms with Crippen molar-refractivity contribution < 1.29 is 27.8 Å². The Hall–Kier alpha value is -3.40. The molecule has 2 N–H and O–H groups in total. The number of carbonyl (C=O) groups is 1. The van der Waals surface area contributed by atoms with Gasteiger partial charge in [-0.25, -0.2) is 8.42 Å². The fraction of sp³-hybridized carbons (Fsp3) is 0.387. The van der Waals surface area contributed by atoms with Crippen LogP contribution >= 0.6 is 0 Å². The topological polar surface area (TPSA) is 105 Å². The van der Waals surface area contributed by atoms with Crippen LogP contribution in [0.3, 0.4) is 0 Å². The van der Waals surface area contributed by atoms with E-state index < -0.39 is 15.7 Å². The summed E-state index contributed by atoms with van der Waals surface area (Å²) in [7, 11) is -2.61. The predicted octanol–water partition coefficient (Wildman–Crippen LogP) is 4.48. The molecule has 3 aromatic rings. The lowest BCUT2D eigenvalue weighted by Gasteiger charge is -2.40. The van der Waals surface area contributed by atoms with Gasteiger partial charge in [-0.15, -0.1) is 0 Å². The van der Waals surface area contributed by atoms with E-state index in [9.17, 15) is 18.3 Å². The number of methoxy groups -OCH3 is 1. The number of benzene rings is 3. The maximum Gasteiger partial charge on any atom is 0.257 e. The van der Waals surface area contributed by atoms with E-state index in [-0.39, 0.29) is 49.3 Å². The minimum Gasteiger partial charge on any atom is -0.497 e. The van der Waals surface area contributed by atoms with Gasteiger partial charge in [0, 0.05) is 25.9 Å². The summed E-state index contributed by atoms with van der Waals surface area (Å²) < 4.78 is 40.0. The van der Waals surface area contributed by atoms with Gasteiger partial charge in [0.05, 0.1) is 12.0 Å². The van der Waals surface area contributed by atoms with E-state index in [0.29, 0.717) is 11.5 Å². The van der Waals surface area contributed by atoms with E-state index in [1.165, 1.54) is 23.5 Å². The summed E-state index contributed by atoms with van der Waals surface area (Å²) >= 11 is 0.